The molecule has 216 valence electrons. The highest BCUT2D eigenvalue weighted by Gasteiger charge is 2.40. The van der Waals surface area contributed by atoms with Crippen LogP contribution in [0.4, 0.5) is 0 Å². The van der Waals surface area contributed by atoms with E-state index in [9.17, 15) is 0 Å². The Morgan fingerprint density at radius 1 is 0.682 bits per heavy atom. The van der Waals surface area contributed by atoms with Gasteiger partial charge in [0.1, 0.15) is 0 Å². The van der Waals surface area contributed by atoms with E-state index in [-0.39, 0.29) is 0 Å². The maximum absolute atomic E-state index is 4.98. The highest BCUT2D eigenvalue weighted by Crippen LogP contribution is 2.18. The standard InChI is InChI=1S/C40H39BN2Si/c1-32(2)29-34-23-25-38(26-24-34)44(36-19-11-5-12-20-36,37-21-13-6-14-22-37)31-43-28-27-42-40(43)41-39(35-17-9-4-10-18-35)30-33-15-7-3-8-16-33/h3-28,30,32,41H,29,31H2,1-2H3. The van der Waals surface area contributed by atoms with Crippen molar-refractivity contribution >= 4 is 48.2 Å². The Bertz CT molecular complexity index is 1740. The number of aromatic nitrogens is 2. The van der Waals surface area contributed by atoms with Crippen molar-refractivity contribution in [3.63, 3.8) is 0 Å². The Kier molecular flexibility index (Phi) is 9.19. The van der Waals surface area contributed by atoms with Gasteiger partial charge in [0.15, 0.2) is 8.07 Å². The summed E-state index contributed by atoms with van der Waals surface area (Å²) in [5.41, 5.74) is 6.16. The molecule has 1 aromatic heterocycles. The van der Waals surface area contributed by atoms with Crippen molar-refractivity contribution in [2.45, 2.75) is 26.4 Å². The predicted molar refractivity (Wildman–Crippen MR) is 192 cm³/mol. The van der Waals surface area contributed by atoms with Gasteiger partial charge in [0.25, 0.3) is 0 Å². The first-order valence-corrected chi connectivity index (χ1v) is 17.8. The van der Waals surface area contributed by atoms with E-state index in [0.29, 0.717) is 5.92 Å². The summed E-state index contributed by atoms with van der Waals surface area (Å²) in [6.45, 7) is 4.58. The molecule has 0 bridgehead atoms. The molecule has 2 nitrogen and oxygen atoms in total. The lowest BCUT2D eigenvalue weighted by atomic mass is 9.65. The Morgan fingerprint density at radius 3 is 1.77 bits per heavy atom. The van der Waals surface area contributed by atoms with Crippen LogP contribution in [0.2, 0.25) is 0 Å². The molecule has 1 heterocycles. The third kappa shape index (κ3) is 6.61. The minimum Gasteiger partial charge on any atom is -0.345 e. The van der Waals surface area contributed by atoms with E-state index in [2.05, 4.69) is 176 Å². The van der Waals surface area contributed by atoms with Gasteiger partial charge in [-0.3, -0.25) is 4.98 Å². The smallest absolute Gasteiger partial charge is 0.239 e. The number of hydrogen-bond donors (Lipinski definition) is 0. The Hall–Kier alpha value is -4.67. The lowest BCUT2D eigenvalue weighted by molar-refractivity contribution is 0.647. The van der Waals surface area contributed by atoms with E-state index in [1.165, 1.54) is 37.7 Å². The molecule has 0 N–H and O–H groups in total. The zero-order chi connectivity index (χ0) is 30.2. The molecule has 44 heavy (non-hydrogen) atoms. The zero-order valence-corrected chi connectivity index (χ0v) is 26.7. The average Bonchev–Trinajstić information content (AvgIpc) is 3.51. The monoisotopic (exact) mass is 586 g/mol. The first kappa shape index (κ1) is 29.4. The molecule has 0 aliphatic carbocycles. The first-order chi connectivity index (χ1) is 21.6. The fraction of sp³-hybridized carbons (Fsp3) is 0.125. The molecule has 0 aliphatic heterocycles. The summed E-state index contributed by atoms with van der Waals surface area (Å²) in [5.74, 6) is 0.627. The molecule has 6 rings (SSSR count). The van der Waals surface area contributed by atoms with Gasteiger partial charge in [-0.1, -0.05) is 171 Å². The lowest BCUT2D eigenvalue weighted by Gasteiger charge is -2.35. The fourth-order valence-corrected chi connectivity index (χ4v) is 10.9. The van der Waals surface area contributed by atoms with Gasteiger partial charge in [0.2, 0.25) is 7.28 Å². The molecule has 0 radical (unpaired) electrons. The maximum atomic E-state index is 4.98. The van der Waals surface area contributed by atoms with Crippen molar-refractivity contribution < 1.29 is 0 Å². The van der Waals surface area contributed by atoms with Crippen LogP contribution in [0.25, 0.3) is 11.5 Å². The normalized spacial score (nSPS) is 11.9. The number of imidazole rings is 1. The summed E-state index contributed by atoms with van der Waals surface area (Å²) < 4.78 is 2.43. The summed E-state index contributed by atoms with van der Waals surface area (Å²) in [4.78, 5) is 4.98. The van der Waals surface area contributed by atoms with Gasteiger partial charge in [-0.2, -0.15) is 0 Å². The molecule has 0 atom stereocenters. The van der Waals surface area contributed by atoms with Crippen LogP contribution in [0, 0.1) is 5.92 Å². The van der Waals surface area contributed by atoms with Crippen LogP contribution in [0.5, 0.6) is 0 Å². The molecule has 0 saturated carbocycles. The average molecular weight is 587 g/mol. The van der Waals surface area contributed by atoms with E-state index in [0.717, 1.165) is 25.6 Å². The van der Waals surface area contributed by atoms with E-state index >= 15 is 0 Å². The van der Waals surface area contributed by atoms with Gasteiger partial charge in [-0.05, 0) is 44.6 Å². The van der Waals surface area contributed by atoms with Gasteiger partial charge in [0.05, 0.1) is 5.72 Å². The fourth-order valence-electron chi connectivity index (χ4n) is 6.33. The maximum Gasteiger partial charge on any atom is 0.239 e. The van der Waals surface area contributed by atoms with Gasteiger partial charge >= 0.3 is 0 Å². The Balaban J connectivity index is 1.47. The third-order valence-corrected chi connectivity index (χ3v) is 13.2. The first-order valence-electron chi connectivity index (χ1n) is 15.6. The minimum atomic E-state index is -2.52. The third-order valence-electron chi connectivity index (χ3n) is 8.47. The number of rotatable bonds is 11. The summed E-state index contributed by atoms with van der Waals surface area (Å²) in [5, 5.41) is 4.24. The molecule has 0 aliphatic rings. The molecule has 6 aromatic rings. The molecule has 0 fully saturated rings. The second-order valence-electron chi connectivity index (χ2n) is 12.0. The highest BCUT2D eigenvalue weighted by molar-refractivity contribution is 7.10. The van der Waals surface area contributed by atoms with Gasteiger partial charge in [0, 0.05) is 18.6 Å². The quantitative estimate of drug-likeness (QED) is 0.103. The molecule has 4 heteroatoms. The molecule has 0 amide bonds. The topological polar surface area (TPSA) is 17.8 Å². The van der Waals surface area contributed by atoms with Crippen molar-refractivity contribution in [3.8, 4) is 0 Å². The van der Waals surface area contributed by atoms with Crippen LogP contribution in [0.1, 0.15) is 30.5 Å². The minimum absolute atomic E-state index is 0.627. The van der Waals surface area contributed by atoms with Crippen LogP contribution < -0.4 is 21.3 Å². The molecule has 0 unspecified atom stereocenters. The Labute approximate surface area is 264 Å². The zero-order valence-electron chi connectivity index (χ0n) is 25.7. The number of hydrogen-bond acceptors (Lipinski definition) is 1. The highest BCUT2D eigenvalue weighted by atomic mass is 28.3. The number of nitrogens with zero attached hydrogens (tertiary/aromatic N) is 2. The van der Waals surface area contributed by atoms with Crippen LogP contribution in [-0.4, -0.2) is 24.9 Å². The van der Waals surface area contributed by atoms with Crippen molar-refractivity contribution in [1.29, 1.82) is 0 Å². The number of benzene rings is 5. The summed E-state index contributed by atoms with van der Waals surface area (Å²) in [7, 11) is -1.78. The molecular weight excluding hydrogens is 547 g/mol. The summed E-state index contributed by atoms with van der Waals surface area (Å²) in [6, 6.07) is 53.2. The van der Waals surface area contributed by atoms with Crippen LogP contribution in [0.15, 0.2) is 158 Å². The molecule has 0 spiro atoms. The SMILES string of the molecule is CC(C)Cc1ccc([Si](Cn2ccnc2BC(=Cc2ccccc2)c2ccccc2)(c2ccccc2)c2ccccc2)cc1. The Morgan fingerprint density at radius 2 is 1.20 bits per heavy atom. The van der Waals surface area contributed by atoms with Crippen LogP contribution >= 0.6 is 0 Å². The van der Waals surface area contributed by atoms with Gasteiger partial charge in [-0.25, -0.2) is 0 Å². The molecule has 0 saturated heterocycles. The van der Waals surface area contributed by atoms with E-state index in [1.807, 2.05) is 6.20 Å². The van der Waals surface area contributed by atoms with E-state index in [4.69, 9.17) is 4.98 Å². The summed E-state index contributed by atoms with van der Waals surface area (Å²) in [6.07, 6.45) is 8.42. The second kappa shape index (κ2) is 13.7. The molecule has 5 aromatic carbocycles. The second-order valence-corrected chi connectivity index (χ2v) is 15.9. The van der Waals surface area contributed by atoms with Gasteiger partial charge in [-0.15, -0.1) is 0 Å². The van der Waals surface area contributed by atoms with E-state index < -0.39 is 8.07 Å². The summed E-state index contributed by atoms with van der Waals surface area (Å²) >= 11 is 0. The van der Waals surface area contributed by atoms with Crippen molar-refractivity contribution in [3.05, 3.63) is 175 Å². The predicted octanol–water partition coefficient (Wildman–Crippen LogP) is 6.05. The van der Waals surface area contributed by atoms with Gasteiger partial charge < -0.3 is 4.57 Å². The van der Waals surface area contributed by atoms with Crippen LogP contribution in [0.3, 0.4) is 0 Å². The van der Waals surface area contributed by atoms with Crippen LogP contribution in [-0.2, 0) is 12.6 Å². The molecular formula is C40H39BN2Si. The van der Waals surface area contributed by atoms with E-state index in [1.54, 1.807) is 0 Å². The van der Waals surface area contributed by atoms with Crippen molar-refractivity contribution in [2.75, 3.05) is 0 Å². The largest absolute Gasteiger partial charge is 0.345 e. The van der Waals surface area contributed by atoms with Crippen molar-refractivity contribution in [2.24, 2.45) is 5.92 Å². The van der Waals surface area contributed by atoms with Crippen molar-refractivity contribution in [1.82, 2.24) is 9.55 Å². The lowest BCUT2D eigenvalue weighted by Crippen LogP contribution is -2.70.